The highest BCUT2D eigenvalue weighted by Gasteiger charge is 2.33. The zero-order chi connectivity index (χ0) is 6.97. The number of rotatable bonds is 2. The summed E-state index contributed by atoms with van der Waals surface area (Å²) in [5.74, 6) is 0.338. The quantitative estimate of drug-likeness (QED) is 0.543. The maximum atomic E-state index is 11.0. The van der Waals surface area contributed by atoms with Crippen molar-refractivity contribution < 1.29 is 9.53 Å². The lowest BCUT2D eigenvalue weighted by Gasteiger charge is -2.24. The van der Waals surface area contributed by atoms with E-state index in [1.807, 2.05) is 0 Å². The first-order valence-corrected chi connectivity index (χ1v) is 4.07. The van der Waals surface area contributed by atoms with Crippen molar-refractivity contribution in [1.29, 1.82) is 0 Å². The fourth-order valence-corrected chi connectivity index (χ4v) is 1.07. The molecule has 0 amide bonds. The molecule has 2 saturated carbocycles. The van der Waals surface area contributed by atoms with E-state index in [0.717, 1.165) is 25.7 Å². The SMILES string of the molecule is O=C(OC1CCC1)C1CC1. The van der Waals surface area contributed by atoms with Crippen LogP contribution in [0.25, 0.3) is 0 Å². The van der Waals surface area contributed by atoms with E-state index in [0.29, 0.717) is 0 Å². The second kappa shape index (κ2) is 2.26. The molecule has 2 heteroatoms. The zero-order valence-electron chi connectivity index (χ0n) is 6.01. The standard InChI is InChI=1S/C8H12O2/c9-8(6-4-5-6)10-7-2-1-3-7/h6-7H,1-5H2. The highest BCUT2D eigenvalue weighted by atomic mass is 16.5. The lowest BCUT2D eigenvalue weighted by molar-refractivity contribution is -0.154. The topological polar surface area (TPSA) is 26.3 Å². The van der Waals surface area contributed by atoms with Gasteiger partial charge in [-0.15, -0.1) is 0 Å². The van der Waals surface area contributed by atoms with Gasteiger partial charge in [0.2, 0.25) is 0 Å². The summed E-state index contributed by atoms with van der Waals surface area (Å²) in [6.45, 7) is 0. The predicted octanol–water partition coefficient (Wildman–Crippen LogP) is 1.49. The fourth-order valence-electron chi connectivity index (χ4n) is 1.07. The van der Waals surface area contributed by atoms with Crippen LogP contribution in [0.15, 0.2) is 0 Å². The zero-order valence-corrected chi connectivity index (χ0v) is 6.01. The molecule has 0 heterocycles. The third kappa shape index (κ3) is 1.15. The molecule has 0 aromatic rings. The molecule has 0 aromatic carbocycles. The molecule has 0 unspecified atom stereocenters. The van der Waals surface area contributed by atoms with E-state index in [2.05, 4.69) is 0 Å². The van der Waals surface area contributed by atoms with Crippen molar-refractivity contribution >= 4 is 5.97 Å². The average Bonchev–Trinajstić information content (AvgIpc) is 2.58. The third-order valence-electron chi connectivity index (χ3n) is 2.25. The van der Waals surface area contributed by atoms with Gasteiger partial charge in [0.15, 0.2) is 0 Å². The summed E-state index contributed by atoms with van der Waals surface area (Å²) in [6.07, 6.45) is 5.84. The Morgan fingerprint density at radius 2 is 1.90 bits per heavy atom. The van der Waals surface area contributed by atoms with Crippen LogP contribution in [0.3, 0.4) is 0 Å². The van der Waals surface area contributed by atoms with Crippen molar-refractivity contribution in [3.8, 4) is 0 Å². The van der Waals surface area contributed by atoms with E-state index in [4.69, 9.17) is 4.74 Å². The minimum Gasteiger partial charge on any atom is -0.462 e. The molecule has 2 rings (SSSR count). The molecule has 0 aromatic heterocycles. The van der Waals surface area contributed by atoms with Crippen LogP contribution in [0.5, 0.6) is 0 Å². The van der Waals surface area contributed by atoms with Crippen LogP contribution in [-0.4, -0.2) is 12.1 Å². The van der Waals surface area contributed by atoms with E-state index >= 15 is 0 Å². The molecule has 0 N–H and O–H groups in total. The molecule has 0 spiro atoms. The Balaban J connectivity index is 1.72. The summed E-state index contributed by atoms with van der Waals surface area (Å²) < 4.78 is 5.17. The number of carbonyl (C=O) groups is 1. The van der Waals surface area contributed by atoms with Crippen molar-refractivity contribution in [2.24, 2.45) is 5.92 Å². The van der Waals surface area contributed by atoms with Crippen LogP contribution in [0.4, 0.5) is 0 Å². The van der Waals surface area contributed by atoms with E-state index in [1.54, 1.807) is 0 Å². The maximum Gasteiger partial charge on any atom is 0.309 e. The van der Waals surface area contributed by atoms with Gasteiger partial charge >= 0.3 is 5.97 Å². The minimum absolute atomic E-state index is 0.0599. The summed E-state index contributed by atoms with van der Waals surface area (Å²) in [7, 11) is 0. The lowest BCUT2D eigenvalue weighted by Crippen LogP contribution is -2.25. The molecule has 2 aliphatic rings. The number of hydrogen-bond donors (Lipinski definition) is 0. The van der Waals surface area contributed by atoms with Gasteiger partial charge < -0.3 is 4.74 Å². The van der Waals surface area contributed by atoms with Gasteiger partial charge in [0, 0.05) is 0 Å². The number of carbonyl (C=O) groups excluding carboxylic acids is 1. The number of hydrogen-bond acceptors (Lipinski definition) is 2. The molecular weight excluding hydrogens is 128 g/mol. The monoisotopic (exact) mass is 140 g/mol. The lowest BCUT2D eigenvalue weighted by atomic mass is 9.96. The molecule has 56 valence electrons. The highest BCUT2D eigenvalue weighted by molar-refractivity contribution is 5.75. The second-order valence-corrected chi connectivity index (χ2v) is 3.26. The molecule has 2 nitrogen and oxygen atoms in total. The van der Waals surface area contributed by atoms with Crippen LogP contribution in [0.1, 0.15) is 32.1 Å². The Morgan fingerprint density at radius 3 is 2.30 bits per heavy atom. The Bertz CT molecular complexity index is 145. The van der Waals surface area contributed by atoms with Crippen LogP contribution in [-0.2, 0) is 9.53 Å². The Kier molecular flexibility index (Phi) is 1.40. The first-order chi connectivity index (χ1) is 4.86. The van der Waals surface area contributed by atoms with Crippen molar-refractivity contribution in [3.05, 3.63) is 0 Å². The van der Waals surface area contributed by atoms with Gasteiger partial charge in [0.25, 0.3) is 0 Å². The summed E-state index contributed by atoms with van der Waals surface area (Å²) >= 11 is 0. The smallest absolute Gasteiger partial charge is 0.309 e. The van der Waals surface area contributed by atoms with Gasteiger partial charge in [-0.25, -0.2) is 0 Å². The molecular formula is C8H12O2. The maximum absolute atomic E-state index is 11.0. The van der Waals surface area contributed by atoms with Crippen LogP contribution < -0.4 is 0 Å². The van der Waals surface area contributed by atoms with Crippen LogP contribution in [0.2, 0.25) is 0 Å². The van der Waals surface area contributed by atoms with Gasteiger partial charge in [-0.2, -0.15) is 0 Å². The molecule has 2 aliphatic carbocycles. The van der Waals surface area contributed by atoms with Gasteiger partial charge in [-0.05, 0) is 32.1 Å². The van der Waals surface area contributed by atoms with Crippen molar-refractivity contribution in [2.75, 3.05) is 0 Å². The van der Waals surface area contributed by atoms with Gasteiger partial charge in [-0.3, -0.25) is 4.79 Å². The van der Waals surface area contributed by atoms with Gasteiger partial charge in [0.1, 0.15) is 6.10 Å². The van der Waals surface area contributed by atoms with Crippen molar-refractivity contribution in [1.82, 2.24) is 0 Å². The largest absolute Gasteiger partial charge is 0.462 e. The second-order valence-electron chi connectivity index (χ2n) is 3.26. The average molecular weight is 140 g/mol. The Morgan fingerprint density at radius 1 is 1.20 bits per heavy atom. The molecule has 0 atom stereocenters. The molecule has 2 fully saturated rings. The van der Waals surface area contributed by atoms with Crippen molar-refractivity contribution in [3.63, 3.8) is 0 Å². The van der Waals surface area contributed by atoms with Gasteiger partial charge in [0.05, 0.1) is 5.92 Å². The Hall–Kier alpha value is -0.530. The first kappa shape index (κ1) is 6.20. The minimum atomic E-state index is 0.0599. The summed E-state index contributed by atoms with van der Waals surface area (Å²) in [5, 5.41) is 0. The summed E-state index contributed by atoms with van der Waals surface area (Å²) in [6, 6.07) is 0. The normalized spacial score (nSPS) is 25.6. The summed E-state index contributed by atoms with van der Waals surface area (Å²) in [4.78, 5) is 11.0. The molecule has 0 bridgehead atoms. The predicted molar refractivity (Wildman–Crippen MR) is 36.5 cm³/mol. The van der Waals surface area contributed by atoms with Gasteiger partial charge in [-0.1, -0.05) is 0 Å². The van der Waals surface area contributed by atoms with E-state index < -0.39 is 0 Å². The van der Waals surface area contributed by atoms with Crippen molar-refractivity contribution in [2.45, 2.75) is 38.2 Å². The van der Waals surface area contributed by atoms with Crippen LogP contribution in [0, 0.1) is 5.92 Å². The van der Waals surface area contributed by atoms with E-state index in [1.165, 1.54) is 6.42 Å². The summed E-state index contributed by atoms with van der Waals surface area (Å²) in [5.41, 5.74) is 0. The molecule has 10 heavy (non-hydrogen) atoms. The Labute approximate surface area is 60.6 Å². The molecule has 0 aliphatic heterocycles. The number of esters is 1. The van der Waals surface area contributed by atoms with Crippen LogP contribution >= 0.6 is 0 Å². The fraction of sp³-hybridized carbons (Fsp3) is 0.875. The van der Waals surface area contributed by atoms with E-state index in [-0.39, 0.29) is 18.0 Å². The molecule has 0 radical (unpaired) electrons. The highest BCUT2D eigenvalue weighted by Crippen LogP contribution is 2.32. The third-order valence-corrected chi connectivity index (χ3v) is 2.25. The molecule has 0 saturated heterocycles. The van der Waals surface area contributed by atoms with E-state index in [9.17, 15) is 4.79 Å². The first-order valence-electron chi connectivity index (χ1n) is 4.07. The number of ether oxygens (including phenoxy) is 1.